The monoisotopic (exact) mass is 714 g/mol. The van der Waals surface area contributed by atoms with Crippen LogP contribution < -0.4 is 19.7 Å². The summed E-state index contributed by atoms with van der Waals surface area (Å²) in [4.78, 5) is 8.85. The normalized spacial score (nSPS) is 10.2. The number of nitrogens with zero attached hydrogens (tertiary/aromatic N) is 2. The molecule has 0 bridgehead atoms. The van der Waals surface area contributed by atoms with Gasteiger partial charge in [-0.15, -0.1) is 0 Å². The topological polar surface area (TPSA) is 121 Å². The van der Waals surface area contributed by atoms with Crippen LogP contribution in [-0.2, 0) is 16.5 Å². The molecule has 0 radical (unpaired) electrons. The van der Waals surface area contributed by atoms with Crippen LogP contribution in [0.25, 0.3) is 0 Å². The molecule has 14 heteroatoms. The molecule has 0 atom stereocenters. The first kappa shape index (κ1) is 40.5. The molecule has 3 aromatic carbocycles. The second-order valence-corrected chi connectivity index (χ2v) is 10.7. The van der Waals surface area contributed by atoms with Gasteiger partial charge in [0.15, 0.2) is 8.59 Å². The number of rotatable bonds is 8. The van der Waals surface area contributed by atoms with E-state index in [2.05, 4.69) is 9.98 Å². The molecule has 0 saturated heterocycles. The molecule has 0 aliphatic heterocycles. The maximum Gasteiger partial charge on any atom is 2.00 e. The molecule has 0 amide bonds. The predicted molar refractivity (Wildman–Crippen MR) is 161 cm³/mol. The van der Waals surface area contributed by atoms with E-state index >= 15 is 0 Å². The van der Waals surface area contributed by atoms with Gasteiger partial charge >= 0.3 is 16.5 Å². The van der Waals surface area contributed by atoms with Gasteiger partial charge in [-0.25, -0.2) is 0 Å². The fraction of sp³-hybridized carbons (Fsp3) is 0.231. The second-order valence-electron chi connectivity index (χ2n) is 6.72. The Balaban J connectivity index is 0. The molecule has 0 heterocycles. The van der Waals surface area contributed by atoms with E-state index in [0.29, 0.717) is 47.2 Å². The minimum Gasteiger partial charge on any atom is -0.870 e. The smallest absolute Gasteiger partial charge is 0.870 e. The Morgan fingerprint density at radius 1 is 0.650 bits per heavy atom. The number of hydrogen-bond donors (Lipinski definition) is 0. The van der Waals surface area contributed by atoms with Crippen LogP contribution in [0.4, 0.5) is 11.4 Å². The van der Waals surface area contributed by atoms with Gasteiger partial charge in [-0.05, 0) is 49.2 Å². The zero-order valence-electron chi connectivity index (χ0n) is 21.1. The fourth-order valence-electron chi connectivity index (χ4n) is 2.77. The van der Waals surface area contributed by atoms with Crippen molar-refractivity contribution < 1.29 is 41.7 Å². The molecular formula is C26H26Cl6N2NiO5. The molecule has 7 nitrogen and oxygen atoms in total. The first-order chi connectivity index (χ1) is 18.1. The second kappa shape index (κ2) is 23.0. The van der Waals surface area contributed by atoms with Gasteiger partial charge < -0.3 is 25.2 Å². The quantitative estimate of drug-likeness (QED) is 0.138. The number of benzene rings is 3. The molecule has 40 heavy (non-hydrogen) atoms. The molecule has 222 valence electrons. The summed E-state index contributed by atoms with van der Waals surface area (Å²) in [6, 6.07) is 17.4. The van der Waals surface area contributed by atoms with Crippen molar-refractivity contribution in [3.63, 3.8) is 0 Å². The first-order valence-corrected chi connectivity index (χ1v) is 13.6. The Morgan fingerprint density at radius 2 is 0.975 bits per heavy atom. The average molecular weight is 718 g/mol. The molecule has 0 saturated carbocycles. The van der Waals surface area contributed by atoms with Gasteiger partial charge in [0, 0.05) is 12.4 Å². The maximum absolute atomic E-state index is 12.4. The summed E-state index contributed by atoms with van der Waals surface area (Å²) in [6.45, 7) is 4.48. The zero-order chi connectivity index (χ0) is 28.5. The van der Waals surface area contributed by atoms with Gasteiger partial charge in [-0.2, -0.15) is 0 Å². The van der Waals surface area contributed by atoms with Crippen molar-refractivity contribution in [2.24, 2.45) is 9.98 Å². The molecule has 0 aliphatic rings. The summed E-state index contributed by atoms with van der Waals surface area (Å²) in [5.74, 6) is 0.162. The van der Waals surface area contributed by atoms with E-state index in [1.165, 1.54) is 12.4 Å². The van der Waals surface area contributed by atoms with Crippen LogP contribution in [0, 0.1) is 0 Å². The summed E-state index contributed by atoms with van der Waals surface area (Å²) >= 11 is 28.8. The zero-order valence-corrected chi connectivity index (χ0v) is 26.6. The van der Waals surface area contributed by atoms with Crippen LogP contribution in [0.3, 0.4) is 0 Å². The van der Waals surface area contributed by atoms with E-state index in [9.17, 15) is 10.2 Å². The van der Waals surface area contributed by atoms with Crippen molar-refractivity contribution >= 4 is 93.4 Å². The van der Waals surface area contributed by atoms with Crippen LogP contribution in [0.2, 0.25) is 0 Å². The maximum atomic E-state index is 12.4. The number of halogens is 6. The van der Waals surface area contributed by atoms with Gasteiger partial charge in [0.05, 0.1) is 24.6 Å². The Hall–Kier alpha value is -1.61. The van der Waals surface area contributed by atoms with E-state index in [0.717, 1.165) is 0 Å². The molecule has 0 unspecified atom stereocenters. The van der Waals surface area contributed by atoms with Gasteiger partial charge in [0.2, 0.25) is 0 Å². The van der Waals surface area contributed by atoms with Crippen LogP contribution in [0.15, 0.2) is 70.6 Å². The summed E-state index contributed by atoms with van der Waals surface area (Å²) in [7, 11) is 0. The van der Waals surface area contributed by atoms with Crippen molar-refractivity contribution in [1.82, 2.24) is 0 Å². The van der Waals surface area contributed by atoms with Gasteiger partial charge in [-0.3, -0.25) is 9.98 Å². The Morgan fingerprint density at radius 3 is 1.27 bits per heavy atom. The summed E-state index contributed by atoms with van der Waals surface area (Å²) < 4.78 is 9.18. The Kier molecular flexibility index (Phi) is 23.3. The van der Waals surface area contributed by atoms with Crippen molar-refractivity contribution in [3.8, 4) is 23.0 Å². The number of hydrogen-bond acceptors (Lipinski definition) is 6. The molecular weight excluding hydrogens is 692 g/mol. The molecule has 0 aliphatic carbocycles. The number of aliphatic imine (C=N–C) groups is 2. The first-order valence-electron chi connectivity index (χ1n) is 11.0. The minimum absolute atomic E-state index is 0. The van der Waals surface area contributed by atoms with E-state index < -0.39 is 8.59 Å². The standard InChI is InChI=1S/C24H24N2O4.2CHCl3.Ni.H2O/c1-3-29-21-13-7-9-17(23(21)27)15-25-19-11-5-6-12-20(19)26-16-18-10-8-14-22(24(18)28)30-4-2;2*2-1(3)4;;/h5-16,27-28H,3-4H2,1-2H3;2*1H;;1H2/q;;;+2;/p-2. The van der Waals surface area contributed by atoms with E-state index in [1.807, 2.05) is 26.0 Å². The van der Waals surface area contributed by atoms with E-state index in [-0.39, 0.29) is 33.5 Å². The van der Waals surface area contributed by atoms with Crippen molar-refractivity contribution in [2.75, 3.05) is 13.2 Å². The molecule has 0 spiro atoms. The molecule has 3 aromatic rings. The molecule has 3 rings (SSSR count). The van der Waals surface area contributed by atoms with E-state index in [1.54, 1.807) is 48.5 Å². The Labute approximate surface area is 273 Å². The number of para-hydroxylation sites is 4. The minimum atomic E-state index is -0.750. The van der Waals surface area contributed by atoms with Crippen LogP contribution >= 0.6 is 69.6 Å². The van der Waals surface area contributed by atoms with Crippen molar-refractivity contribution in [3.05, 3.63) is 71.8 Å². The molecule has 0 aromatic heterocycles. The number of alkyl halides is 6. The van der Waals surface area contributed by atoms with Crippen LogP contribution in [-0.4, -0.2) is 39.7 Å². The summed E-state index contributed by atoms with van der Waals surface area (Å²) in [5.41, 5.74) is 1.99. The van der Waals surface area contributed by atoms with Gasteiger partial charge in [0.1, 0.15) is 11.5 Å². The third-order valence-electron chi connectivity index (χ3n) is 4.19. The van der Waals surface area contributed by atoms with Crippen LogP contribution in [0.5, 0.6) is 23.0 Å². The third kappa shape index (κ3) is 16.0. The van der Waals surface area contributed by atoms with Gasteiger partial charge in [-0.1, -0.05) is 118 Å². The fourth-order valence-corrected chi connectivity index (χ4v) is 2.77. The molecule has 0 fully saturated rings. The van der Waals surface area contributed by atoms with Crippen molar-refractivity contribution in [1.29, 1.82) is 0 Å². The van der Waals surface area contributed by atoms with Gasteiger partial charge in [0.25, 0.3) is 0 Å². The van der Waals surface area contributed by atoms with E-state index in [4.69, 9.17) is 79.1 Å². The van der Waals surface area contributed by atoms with Crippen LogP contribution in [0.1, 0.15) is 25.0 Å². The molecule has 2 N–H and O–H groups in total. The SMILES string of the molecule is CCOc1cccc(C=Nc2ccccc2N=Cc2cccc(OCC)c2[O-])c1[O-].ClC(Cl)Cl.ClC(Cl)Cl.O.[Ni+2]. The number of ether oxygens (including phenoxy) is 2. The summed E-state index contributed by atoms with van der Waals surface area (Å²) in [6.07, 6.45) is 2.99. The third-order valence-corrected chi connectivity index (χ3v) is 4.19. The predicted octanol–water partition coefficient (Wildman–Crippen LogP) is 7.28. The summed E-state index contributed by atoms with van der Waals surface area (Å²) in [5, 5.41) is 24.8. The van der Waals surface area contributed by atoms with Crippen molar-refractivity contribution in [2.45, 2.75) is 22.4 Å². The Bertz CT molecular complexity index is 1090. The largest absolute Gasteiger partial charge is 2.00 e. The average Bonchev–Trinajstić information content (AvgIpc) is 2.85.